The molecule has 9 heteroatoms. The van der Waals surface area contributed by atoms with Gasteiger partial charge in [0.25, 0.3) is 5.91 Å². The van der Waals surface area contributed by atoms with Crippen molar-refractivity contribution in [3.05, 3.63) is 83.1 Å². The van der Waals surface area contributed by atoms with Gasteiger partial charge in [0, 0.05) is 18.2 Å². The van der Waals surface area contributed by atoms with Crippen molar-refractivity contribution < 1.29 is 22.5 Å². The van der Waals surface area contributed by atoms with Gasteiger partial charge >= 0.3 is 0 Å². The molecule has 2 amide bonds. The molecule has 3 aromatic rings. The van der Waals surface area contributed by atoms with E-state index >= 15 is 0 Å². The van der Waals surface area contributed by atoms with Crippen LogP contribution in [0.5, 0.6) is 0 Å². The monoisotopic (exact) mass is 467 g/mol. The highest BCUT2D eigenvalue weighted by molar-refractivity contribution is 7.93. The van der Waals surface area contributed by atoms with Crippen molar-refractivity contribution in [3.8, 4) is 0 Å². The molecule has 0 spiro atoms. The largest absolute Gasteiger partial charge is 0.360 e. The Labute approximate surface area is 192 Å². The number of amides is 2. The van der Waals surface area contributed by atoms with Crippen LogP contribution in [0.4, 0.5) is 5.82 Å². The topological polar surface area (TPSA) is 110 Å². The second-order valence-corrected chi connectivity index (χ2v) is 10.1. The molecule has 4 rings (SSSR count). The fourth-order valence-corrected chi connectivity index (χ4v) is 5.67. The summed E-state index contributed by atoms with van der Waals surface area (Å²) in [5.41, 5.74) is 1.93. The second kappa shape index (κ2) is 9.58. The lowest BCUT2D eigenvalue weighted by atomic mass is 10.1. The first-order valence-electron chi connectivity index (χ1n) is 10.7. The summed E-state index contributed by atoms with van der Waals surface area (Å²) in [7, 11) is -3.81. The number of aromatic nitrogens is 1. The Balaban J connectivity index is 1.43. The maximum absolute atomic E-state index is 12.8. The predicted octanol–water partition coefficient (Wildman–Crippen LogP) is 3.20. The Hall–Kier alpha value is -3.46. The molecule has 1 unspecified atom stereocenters. The van der Waals surface area contributed by atoms with Gasteiger partial charge in [0.1, 0.15) is 11.5 Å². The number of unbranched alkanes of at least 4 members (excludes halogenated alkanes) is 1. The minimum Gasteiger partial charge on any atom is -0.360 e. The molecule has 0 radical (unpaired) electrons. The summed E-state index contributed by atoms with van der Waals surface area (Å²) in [6.45, 7) is 2.17. The Morgan fingerprint density at radius 3 is 2.64 bits per heavy atom. The molecular weight excluding hydrogens is 442 g/mol. The number of benzene rings is 2. The summed E-state index contributed by atoms with van der Waals surface area (Å²) < 4.78 is 30.6. The van der Waals surface area contributed by atoms with Crippen LogP contribution in [0, 0.1) is 6.92 Å². The fourth-order valence-electron chi connectivity index (χ4n) is 3.92. The second-order valence-electron chi connectivity index (χ2n) is 8.04. The van der Waals surface area contributed by atoms with E-state index in [-0.39, 0.29) is 11.7 Å². The van der Waals surface area contributed by atoms with Crippen molar-refractivity contribution in [1.82, 2.24) is 10.5 Å². The highest BCUT2D eigenvalue weighted by Crippen LogP contribution is 2.37. The molecule has 1 aromatic heterocycles. The lowest BCUT2D eigenvalue weighted by Crippen LogP contribution is -2.30. The fraction of sp³-hybridized carbons (Fsp3) is 0.292. The van der Waals surface area contributed by atoms with E-state index in [2.05, 4.69) is 22.6 Å². The van der Waals surface area contributed by atoms with Crippen LogP contribution in [0.2, 0.25) is 0 Å². The van der Waals surface area contributed by atoms with Crippen LogP contribution in [0.25, 0.3) is 0 Å². The van der Waals surface area contributed by atoms with Crippen LogP contribution in [-0.4, -0.2) is 37.7 Å². The number of anilines is 1. The van der Waals surface area contributed by atoms with Crippen molar-refractivity contribution in [1.29, 1.82) is 0 Å². The normalized spacial score (nSPS) is 17.3. The van der Waals surface area contributed by atoms with E-state index in [1.165, 1.54) is 17.7 Å². The first kappa shape index (κ1) is 22.7. The van der Waals surface area contributed by atoms with Crippen LogP contribution in [0.15, 0.2) is 65.2 Å². The molecule has 8 nitrogen and oxygen atoms in total. The quantitative estimate of drug-likeness (QED) is 0.510. The molecule has 1 saturated heterocycles. The Morgan fingerprint density at radius 2 is 1.91 bits per heavy atom. The number of sulfone groups is 1. The van der Waals surface area contributed by atoms with Gasteiger partial charge in [-0.25, -0.2) is 8.42 Å². The lowest BCUT2D eigenvalue weighted by Gasteiger charge is -2.21. The van der Waals surface area contributed by atoms with E-state index in [9.17, 15) is 18.0 Å². The molecule has 2 heterocycles. The number of carbonyl (C=O) groups excluding carboxylic acids is 2. The van der Waals surface area contributed by atoms with Crippen LogP contribution in [0.1, 0.15) is 45.5 Å². The summed E-state index contributed by atoms with van der Waals surface area (Å²) in [6, 6.07) is 18.0. The van der Waals surface area contributed by atoms with Crippen LogP contribution in [0.3, 0.4) is 0 Å². The van der Waals surface area contributed by atoms with E-state index in [1.54, 1.807) is 25.1 Å². The van der Waals surface area contributed by atoms with E-state index in [0.717, 1.165) is 24.2 Å². The van der Waals surface area contributed by atoms with Gasteiger partial charge in [-0.05, 0) is 49.4 Å². The third-order valence-corrected chi connectivity index (χ3v) is 7.30. The Morgan fingerprint density at radius 1 is 1.12 bits per heavy atom. The number of rotatable bonds is 8. The molecule has 1 N–H and O–H groups in total. The summed E-state index contributed by atoms with van der Waals surface area (Å²) in [4.78, 5) is 26.3. The van der Waals surface area contributed by atoms with E-state index in [0.29, 0.717) is 23.4 Å². The maximum Gasteiger partial charge on any atom is 0.251 e. The van der Waals surface area contributed by atoms with Crippen molar-refractivity contribution in [3.63, 3.8) is 0 Å². The first-order chi connectivity index (χ1) is 15.8. The SMILES string of the molecule is Cc1cc(N2C(=O)CS(=O)(=O)C2c2cccc(C(=O)NCCCCc3ccccc3)c2)no1. The molecule has 1 fully saturated rings. The highest BCUT2D eigenvalue weighted by atomic mass is 32.2. The molecule has 0 bridgehead atoms. The van der Waals surface area contributed by atoms with Crippen molar-refractivity contribution in [2.75, 3.05) is 17.2 Å². The smallest absolute Gasteiger partial charge is 0.251 e. The van der Waals surface area contributed by atoms with Crippen LogP contribution in [-0.2, 0) is 21.1 Å². The van der Waals surface area contributed by atoms with Crippen molar-refractivity contribution in [2.45, 2.75) is 31.6 Å². The minimum absolute atomic E-state index is 0.136. The maximum atomic E-state index is 12.8. The number of aryl methyl sites for hydroxylation is 2. The third kappa shape index (κ3) is 5.14. The zero-order valence-electron chi connectivity index (χ0n) is 18.2. The number of carbonyl (C=O) groups is 2. The number of hydrogen-bond donors (Lipinski definition) is 1. The summed E-state index contributed by atoms with van der Waals surface area (Å²) in [6.07, 6.45) is 2.71. The number of nitrogens with one attached hydrogen (secondary N) is 1. The van der Waals surface area contributed by atoms with E-state index in [4.69, 9.17) is 4.52 Å². The van der Waals surface area contributed by atoms with Crippen LogP contribution < -0.4 is 10.2 Å². The predicted molar refractivity (Wildman–Crippen MR) is 123 cm³/mol. The summed E-state index contributed by atoms with van der Waals surface area (Å²) >= 11 is 0. The van der Waals surface area contributed by atoms with Gasteiger partial charge in [0.15, 0.2) is 21.0 Å². The molecule has 0 saturated carbocycles. The molecule has 0 aliphatic carbocycles. The number of nitrogens with zero attached hydrogens (tertiary/aromatic N) is 2. The van der Waals surface area contributed by atoms with Gasteiger partial charge in [-0.3, -0.25) is 14.5 Å². The highest BCUT2D eigenvalue weighted by Gasteiger charge is 2.47. The van der Waals surface area contributed by atoms with Crippen molar-refractivity contribution in [2.24, 2.45) is 0 Å². The first-order valence-corrected chi connectivity index (χ1v) is 12.5. The van der Waals surface area contributed by atoms with Gasteiger partial charge in [0.05, 0.1) is 0 Å². The molecule has 172 valence electrons. The zero-order chi connectivity index (χ0) is 23.4. The summed E-state index contributed by atoms with van der Waals surface area (Å²) in [5, 5.41) is 5.44. The Bertz CT molecular complexity index is 1250. The van der Waals surface area contributed by atoms with E-state index < -0.39 is 26.9 Å². The average Bonchev–Trinajstić information content (AvgIpc) is 3.32. The van der Waals surface area contributed by atoms with Gasteiger partial charge in [0.2, 0.25) is 5.91 Å². The molecule has 1 aliphatic heterocycles. The van der Waals surface area contributed by atoms with E-state index in [1.807, 2.05) is 18.2 Å². The standard InChI is InChI=1S/C24H25N3O5S/c1-17-14-21(26-32-17)27-22(28)16-33(30,31)24(27)20-12-7-11-19(15-20)23(29)25-13-6-5-10-18-8-3-2-4-9-18/h2-4,7-9,11-12,14-15,24H,5-6,10,13,16H2,1H3,(H,25,29). The third-order valence-electron chi connectivity index (χ3n) is 5.48. The van der Waals surface area contributed by atoms with Crippen molar-refractivity contribution >= 4 is 27.5 Å². The number of hydrogen-bond acceptors (Lipinski definition) is 6. The minimum atomic E-state index is -3.81. The van der Waals surface area contributed by atoms with Crippen LogP contribution >= 0.6 is 0 Å². The molecule has 33 heavy (non-hydrogen) atoms. The van der Waals surface area contributed by atoms with Gasteiger partial charge in [-0.2, -0.15) is 0 Å². The van der Waals surface area contributed by atoms with Gasteiger partial charge < -0.3 is 9.84 Å². The molecule has 1 atom stereocenters. The van der Waals surface area contributed by atoms with Gasteiger partial charge in [-0.1, -0.05) is 47.6 Å². The zero-order valence-corrected chi connectivity index (χ0v) is 19.0. The summed E-state index contributed by atoms with van der Waals surface area (Å²) in [5.74, 6) is -0.900. The lowest BCUT2D eigenvalue weighted by molar-refractivity contribution is -0.115. The molecule has 1 aliphatic rings. The molecule has 2 aromatic carbocycles. The molecular formula is C24H25N3O5S. The average molecular weight is 468 g/mol. The van der Waals surface area contributed by atoms with Gasteiger partial charge in [-0.15, -0.1) is 0 Å². The Kier molecular flexibility index (Phi) is 6.60.